The predicted octanol–water partition coefficient (Wildman–Crippen LogP) is -2.45. The number of aryl methyl sites for hydroxylation is 1. The number of imidazole rings is 1. The van der Waals surface area contributed by atoms with Crippen molar-refractivity contribution in [2.24, 2.45) is 7.05 Å². The smallest absolute Gasteiger partial charge is 0.310 e. The second-order valence-corrected chi connectivity index (χ2v) is 2.90. The Morgan fingerprint density at radius 3 is 2.80 bits per heavy atom. The lowest BCUT2D eigenvalue weighted by Crippen LogP contribution is -2.40. The molecule has 8 nitrogen and oxygen atoms in total. The van der Waals surface area contributed by atoms with Gasteiger partial charge in [0.25, 0.3) is 5.65 Å². The summed E-state index contributed by atoms with van der Waals surface area (Å²) >= 11 is 0. The number of hydrogen-bond donors (Lipinski definition) is 1. The third-order valence-electron chi connectivity index (χ3n) is 2.04. The lowest BCUT2D eigenvalue weighted by molar-refractivity contribution is -0.584. The van der Waals surface area contributed by atoms with Gasteiger partial charge in [0.05, 0.1) is 7.05 Å². The monoisotopic (exact) mass is 208 g/mol. The average molecular weight is 208 g/mol. The number of aromatic nitrogens is 4. The molecule has 0 amide bonds. The molecule has 2 rings (SSSR count). The summed E-state index contributed by atoms with van der Waals surface area (Å²) in [6.07, 6.45) is 1.15. The Bertz CT molecular complexity index is 561. The quantitative estimate of drug-likeness (QED) is 0.409. The molecule has 15 heavy (non-hydrogen) atoms. The van der Waals surface area contributed by atoms with Crippen LogP contribution in [0.1, 0.15) is 10.6 Å². The number of nitrogens with zero attached hydrogens (tertiary/aromatic N) is 4. The van der Waals surface area contributed by atoms with Crippen molar-refractivity contribution in [3.8, 4) is 0 Å². The van der Waals surface area contributed by atoms with Crippen LogP contribution in [0.4, 0.5) is 5.82 Å². The molecule has 0 aromatic carbocycles. The van der Waals surface area contributed by atoms with Gasteiger partial charge in [-0.05, 0) is 0 Å². The highest BCUT2D eigenvalue weighted by atomic mass is 16.5. The average Bonchev–Trinajstić information content (AvgIpc) is 2.40. The first-order chi connectivity index (χ1) is 7.04. The molecular formula is C7H6N5O3-. The van der Waals surface area contributed by atoms with E-state index in [1.54, 1.807) is 0 Å². The number of nitrogen functional groups attached to an aromatic ring is 1. The van der Waals surface area contributed by atoms with Crippen LogP contribution < -0.4 is 15.6 Å². The van der Waals surface area contributed by atoms with E-state index >= 15 is 0 Å². The number of carbonyl (C=O) groups is 1. The number of carbonyl (C=O) groups excluding carboxylic acids is 1. The largest absolute Gasteiger partial charge is 0.710 e. The van der Waals surface area contributed by atoms with Gasteiger partial charge in [0.15, 0.2) is 11.8 Å². The molecule has 0 unspecified atom stereocenters. The first-order valence-corrected chi connectivity index (χ1v) is 3.93. The van der Waals surface area contributed by atoms with Crippen LogP contribution >= 0.6 is 0 Å². The van der Waals surface area contributed by atoms with E-state index in [-0.39, 0.29) is 21.7 Å². The third kappa shape index (κ3) is 1.08. The van der Waals surface area contributed by atoms with Gasteiger partial charge in [-0.2, -0.15) is 4.98 Å². The molecule has 0 bridgehead atoms. The van der Waals surface area contributed by atoms with E-state index in [4.69, 9.17) is 5.73 Å². The number of anilines is 1. The maximum absolute atomic E-state index is 11.5. The van der Waals surface area contributed by atoms with Gasteiger partial charge >= 0.3 is 5.82 Å². The van der Waals surface area contributed by atoms with E-state index in [9.17, 15) is 15.1 Å². The van der Waals surface area contributed by atoms with Crippen molar-refractivity contribution < 1.29 is 14.6 Å². The molecule has 2 aromatic rings. The minimum absolute atomic E-state index is 0.0702. The highest BCUT2D eigenvalue weighted by Crippen LogP contribution is 2.13. The number of fused-ring (bicyclic) bond motifs is 1. The summed E-state index contributed by atoms with van der Waals surface area (Å²) in [6.45, 7) is 0. The van der Waals surface area contributed by atoms with Crippen LogP contribution in [-0.4, -0.2) is 20.5 Å². The fraction of sp³-hybridized carbons (Fsp3) is 0.143. The molecule has 2 N–H and O–H groups in total. The van der Waals surface area contributed by atoms with Gasteiger partial charge in [-0.25, -0.2) is 14.3 Å². The molecule has 78 valence electrons. The standard InChI is InChI=1S/C7H7N5O3/c1-11-5-3(4(8)9-2-10-5)12(15)6(11)7(13)14/h2H,1H3,(H,13,14)(H2,8,9,10)/p-1. The highest BCUT2D eigenvalue weighted by molar-refractivity contribution is 5.86. The zero-order chi connectivity index (χ0) is 11.2. The van der Waals surface area contributed by atoms with Gasteiger partial charge in [-0.15, -0.1) is 0 Å². The molecule has 0 saturated carbocycles. The maximum Gasteiger partial charge on any atom is 0.310 e. The zero-order valence-electron chi connectivity index (χ0n) is 7.67. The normalized spacial score (nSPS) is 10.7. The molecule has 2 aromatic heterocycles. The fourth-order valence-electron chi connectivity index (χ4n) is 1.39. The topological polar surface area (TPSA) is 124 Å². The van der Waals surface area contributed by atoms with Crippen LogP contribution in [0.15, 0.2) is 6.33 Å². The van der Waals surface area contributed by atoms with Crippen LogP contribution in [0.2, 0.25) is 0 Å². The van der Waals surface area contributed by atoms with E-state index in [1.807, 2.05) is 0 Å². The predicted molar refractivity (Wildman–Crippen MR) is 46.2 cm³/mol. The van der Waals surface area contributed by atoms with Crippen molar-refractivity contribution in [2.45, 2.75) is 0 Å². The number of aromatic carboxylic acids is 1. The second kappa shape index (κ2) is 2.80. The number of carboxylic acid groups (broad SMARTS) is 1. The molecule has 0 atom stereocenters. The number of rotatable bonds is 1. The van der Waals surface area contributed by atoms with Crippen LogP contribution in [0.3, 0.4) is 0 Å². The van der Waals surface area contributed by atoms with Crippen molar-refractivity contribution in [3.63, 3.8) is 0 Å². The summed E-state index contributed by atoms with van der Waals surface area (Å²) in [5.41, 5.74) is 5.52. The Morgan fingerprint density at radius 2 is 2.27 bits per heavy atom. The van der Waals surface area contributed by atoms with E-state index in [0.717, 1.165) is 10.9 Å². The molecule has 0 spiro atoms. The molecular weight excluding hydrogens is 202 g/mol. The molecule has 0 aliphatic rings. The van der Waals surface area contributed by atoms with Crippen molar-refractivity contribution >= 4 is 23.0 Å². The van der Waals surface area contributed by atoms with Crippen molar-refractivity contribution in [1.82, 2.24) is 14.5 Å². The number of carboxylic acids is 1. The van der Waals surface area contributed by atoms with Crippen LogP contribution in [0.25, 0.3) is 11.2 Å². The van der Waals surface area contributed by atoms with Crippen molar-refractivity contribution in [3.05, 3.63) is 17.4 Å². The number of hydrogen-bond acceptors (Lipinski definition) is 6. The van der Waals surface area contributed by atoms with E-state index < -0.39 is 11.8 Å². The van der Waals surface area contributed by atoms with Crippen molar-refractivity contribution in [2.75, 3.05) is 5.73 Å². The second-order valence-electron chi connectivity index (χ2n) is 2.90. The summed E-state index contributed by atoms with van der Waals surface area (Å²) in [6, 6.07) is 0. The van der Waals surface area contributed by atoms with E-state index in [1.165, 1.54) is 7.05 Å². The molecule has 2 heterocycles. The Balaban J connectivity index is 2.98. The summed E-state index contributed by atoms with van der Waals surface area (Å²) < 4.78 is 1.25. The SMILES string of the molecule is Cn1c(C(=O)[O-])[n+]([O-])c2c(N)ncnc21. The lowest BCUT2D eigenvalue weighted by Gasteiger charge is -2.03. The molecule has 0 radical (unpaired) electrons. The fourth-order valence-corrected chi connectivity index (χ4v) is 1.39. The third-order valence-corrected chi connectivity index (χ3v) is 2.04. The van der Waals surface area contributed by atoms with Gasteiger partial charge in [-0.3, -0.25) is 0 Å². The lowest BCUT2D eigenvalue weighted by atomic mass is 10.5. The van der Waals surface area contributed by atoms with Crippen LogP contribution in [0, 0.1) is 5.21 Å². The van der Waals surface area contributed by atoms with Gasteiger partial charge in [-0.1, -0.05) is 0 Å². The first kappa shape index (κ1) is 9.19. The van der Waals surface area contributed by atoms with E-state index in [0.29, 0.717) is 0 Å². The van der Waals surface area contributed by atoms with Gasteiger partial charge in [0, 0.05) is 0 Å². The van der Waals surface area contributed by atoms with E-state index in [2.05, 4.69) is 9.97 Å². The van der Waals surface area contributed by atoms with Gasteiger partial charge in [0.1, 0.15) is 6.33 Å². The van der Waals surface area contributed by atoms with Gasteiger partial charge < -0.3 is 20.8 Å². The summed E-state index contributed by atoms with van der Waals surface area (Å²) in [5.74, 6) is -2.22. The summed E-state index contributed by atoms with van der Waals surface area (Å²) in [5, 5.41) is 22.2. The molecule has 8 heteroatoms. The Hall–Kier alpha value is -2.38. The molecule has 0 saturated heterocycles. The van der Waals surface area contributed by atoms with Crippen LogP contribution in [0.5, 0.6) is 0 Å². The molecule has 0 aliphatic carbocycles. The minimum atomic E-state index is -1.59. The van der Waals surface area contributed by atoms with Crippen molar-refractivity contribution in [1.29, 1.82) is 0 Å². The molecule has 0 fully saturated rings. The maximum atomic E-state index is 11.5. The Kier molecular flexibility index (Phi) is 1.72. The Morgan fingerprint density at radius 1 is 1.60 bits per heavy atom. The van der Waals surface area contributed by atoms with Crippen LogP contribution in [-0.2, 0) is 7.05 Å². The minimum Gasteiger partial charge on any atom is -0.710 e. The molecule has 0 aliphatic heterocycles. The Labute approximate surface area is 83.2 Å². The zero-order valence-corrected chi connectivity index (χ0v) is 7.67. The highest BCUT2D eigenvalue weighted by Gasteiger charge is 2.23. The number of nitrogens with two attached hydrogens (primary N) is 1. The van der Waals surface area contributed by atoms with Gasteiger partial charge in [0.2, 0.25) is 5.52 Å². The summed E-state index contributed by atoms with van der Waals surface area (Å²) in [7, 11) is 1.38. The summed E-state index contributed by atoms with van der Waals surface area (Å²) in [4.78, 5) is 18.0. The first-order valence-electron chi connectivity index (χ1n) is 3.93.